The Labute approximate surface area is 111 Å². The molecule has 7 heteroatoms. The lowest BCUT2D eigenvalue weighted by atomic mass is 10.2. The van der Waals surface area contributed by atoms with Crippen LogP contribution < -0.4 is 4.90 Å². The molecule has 0 bridgehead atoms. The summed E-state index contributed by atoms with van der Waals surface area (Å²) in [7, 11) is 2.95. The van der Waals surface area contributed by atoms with Gasteiger partial charge in [0.25, 0.3) is 0 Å². The van der Waals surface area contributed by atoms with Crippen LogP contribution in [-0.2, 0) is 4.74 Å². The Morgan fingerprint density at radius 3 is 2.68 bits per heavy atom. The first-order valence-electron chi connectivity index (χ1n) is 5.88. The molecule has 0 aliphatic carbocycles. The number of rotatable bonds is 5. The average Bonchev–Trinajstić information content (AvgIpc) is 2.43. The Morgan fingerprint density at radius 1 is 1.58 bits per heavy atom. The fourth-order valence-corrected chi connectivity index (χ4v) is 1.54. The summed E-state index contributed by atoms with van der Waals surface area (Å²) in [6.07, 6.45) is 0.803. The topological polar surface area (TPSA) is 85.6 Å². The monoisotopic (exact) mass is 267 g/mol. The van der Waals surface area contributed by atoms with Gasteiger partial charge in [-0.25, -0.2) is 9.78 Å². The van der Waals surface area contributed by atoms with Crippen LogP contribution in [0, 0.1) is 10.1 Å². The number of esters is 1. The number of pyridine rings is 1. The molecule has 0 radical (unpaired) electrons. The van der Waals surface area contributed by atoms with Crippen LogP contribution in [0.5, 0.6) is 0 Å². The fourth-order valence-electron chi connectivity index (χ4n) is 1.54. The highest BCUT2D eigenvalue weighted by Crippen LogP contribution is 2.27. The molecule has 0 N–H and O–H groups in total. The number of nitrogens with zero attached hydrogens (tertiary/aromatic N) is 3. The van der Waals surface area contributed by atoms with Crippen molar-refractivity contribution in [3.05, 3.63) is 27.9 Å². The van der Waals surface area contributed by atoms with Gasteiger partial charge in [0, 0.05) is 19.2 Å². The first-order chi connectivity index (χ1) is 8.92. The number of nitro groups is 1. The van der Waals surface area contributed by atoms with Gasteiger partial charge in [-0.15, -0.1) is 0 Å². The van der Waals surface area contributed by atoms with Crippen molar-refractivity contribution in [2.24, 2.45) is 0 Å². The molecule has 1 unspecified atom stereocenters. The van der Waals surface area contributed by atoms with Crippen LogP contribution in [0.15, 0.2) is 12.1 Å². The Balaban J connectivity index is 3.30. The van der Waals surface area contributed by atoms with E-state index in [1.165, 1.54) is 19.2 Å². The maximum Gasteiger partial charge on any atom is 0.356 e. The summed E-state index contributed by atoms with van der Waals surface area (Å²) < 4.78 is 4.57. The van der Waals surface area contributed by atoms with E-state index in [4.69, 9.17) is 0 Å². The molecule has 104 valence electrons. The van der Waals surface area contributed by atoms with Gasteiger partial charge >= 0.3 is 11.7 Å². The molecule has 0 aliphatic heterocycles. The van der Waals surface area contributed by atoms with Gasteiger partial charge in [0.05, 0.1) is 12.0 Å². The third-order valence-corrected chi connectivity index (χ3v) is 3.03. The summed E-state index contributed by atoms with van der Waals surface area (Å²) in [5.74, 6) is -0.448. The van der Waals surface area contributed by atoms with E-state index < -0.39 is 10.9 Å². The number of hydrogen-bond donors (Lipinski definition) is 0. The van der Waals surface area contributed by atoms with Crippen molar-refractivity contribution in [2.45, 2.75) is 26.3 Å². The second-order valence-corrected chi connectivity index (χ2v) is 4.16. The lowest BCUT2D eigenvalue weighted by Crippen LogP contribution is -2.30. The van der Waals surface area contributed by atoms with Crippen molar-refractivity contribution in [3.8, 4) is 0 Å². The minimum absolute atomic E-state index is 0.0539. The lowest BCUT2D eigenvalue weighted by molar-refractivity contribution is -0.384. The SMILES string of the molecule is CCC(C)N(C)c1nc(C(=O)OC)ccc1[N+](=O)[O-]. The normalized spacial score (nSPS) is 11.8. The van der Waals surface area contributed by atoms with E-state index in [1.807, 2.05) is 13.8 Å². The standard InChI is InChI=1S/C12H17N3O4/c1-5-8(2)14(3)11-10(15(17)18)7-6-9(13-11)12(16)19-4/h6-8H,5H2,1-4H3. The smallest absolute Gasteiger partial charge is 0.356 e. The summed E-state index contributed by atoms with van der Waals surface area (Å²) in [4.78, 5) is 27.7. The predicted molar refractivity (Wildman–Crippen MR) is 70.4 cm³/mol. The van der Waals surface area contributed by atoms with Crippen LogP contribution in [0.25, 0.3) is 0 Å². The highest BCUT2D eigenvalue weighted by molar-refractivity contribution is 5.88. The molecule has 0 spiro atoms. The van der Waals surface area contributed by atoms with Crippen LogP contribution in [0.2, 0.25) is 0 Å². The first kappa shape index (κ1) is 14.9. The number of hydrogen-bond acceptors (Lipinski definition) is 6. The molecule has 1 aromatic heterocycles. The second-order valence-electron chi connectivity index (χ2n) is 4.16. The molecule has 0 amide bonds. The predicted octanol–water partition coefficient (Wildman–Crippen LogP) is 2.01. The van der Waals surface area contributed by atoms with E-state index >= 15 is 0 Å². The number of carbonyl (C=O) groups is 1. The third-order valence-electron chi connectivity index (χ3n) is 3.03. The van der Waals surface area contributed by atoms with Crippen molar-refractivity contribution in [2.75, 3.05) is 19.1 Å². The lowest BCUT2D eigenvalue weighted by Gasteiger charge is -2.24. The number of methoxy groups -OCH3 is 1. The molecule has 19 heavy (non-hydrogen) atoms. The minimum Gasteiger partial charge on any atom is -0.464 e. The van der Waals surface area contributed by atoms with Crippen LogP contribution in [-0.4, -0.2) is 36.1 Å². The number of ether oxygens (including phenoxy) is 1. The van der Waals surface area contributed by atoms with Gasteiger partial charge in [0.1, 0.15) is 0 Å². The van der Waals surface area contributed by atoms with E-state index in [9.17, 15) is 14.9 Å². The quantitative estimate of drug-likeness (QED) is 0.461. The zero-order valence-corrected chi connectivity index (χ0v) is 11.4. The van der Waals surface area contributed by atoms with Crippen LogP contribution in [0.3, 0.4) is 0 Å². The molecule has 0 fully saturated rings. The fraction of sp³-hybridized carbons (Fsp3) is 0.500. The van der Waals surface area contributed by atoms with Gasteiger partial charge in [0.2, 0.25) is 5.82 Å². The molecule has 0 aromatic carbocycles. The van der Waals surface area contributed by atoms with E-state index in [0.717, 1.165) is 6.42 Å². The largest absolute Gasteiger partial charge is 0.464 e. The van der Waals surface area contributed by atoms with Crippen LogP contribution in [0.1, 0.15) is 30.8 Å². The molecule has 1 atom stereocenters. The summed E-state index contributed by atoms with van der Waals surface area (Å²) in [5, 5.41) is 11.0. The Bertz CT molecular complexity index is 490. The zero-order valence-electron chi connectivity index (χ0n) is 11.4. The van der Waals surface area contributed by atoms with E-state index in [0.29, 0.717) is 0 Å². The summed E-state index contributed by atoms with van der Waals surface area (Å²) in [5.41, 5.74) is -0.0753. The molecular formula is C12H17N3O4. The highest BCUT2D eigenvalue weighted by atomic mass is 16.6. The van der Waals surface area contributed by atoms with Crippen molar-refractivity contribution in [1.82, 2.24) is 4.98 Å². The Morgan fingerprint density at radius 2 is 2.21 bits per heavy atom. The Kier molecular flexibility index (Phi) is 4.80. The molecule has 0 aliphatic rings. The number of aromatic nitrogens is 1. The maximum absolute atomic E-state index is 11.4. The van der Waals surface area contributed by atoms with Gasteiger partial charge < -0.3 is 9.64 Å². The molecule has 0 saturated heterocycles. The summed E-state index contributed by atoms with van der Waals surface area (Å²) >= 11 is 0. The number of anilines is 1. The third kappa shape index (κ3) is 3.18. The van der Waals surface area contributed by atoms with E-state index in [2.05, 4.69) is 9.72 Å². The minimum atomic E-state index is -0.617. The molecule has 1 rings (SSSR count). The molecule has 1 aromatic rings. The van der Waals surface area contributed by atoms with E-state index in [-0.39, 0.29) is 23.2 Å². The van der Waals surface area contributed by atoms with Gasteiger partial charge in [-0.1, -0.05) is 6.92 Å². The van der Waals surface area contributed by atoms with Gasteiger partial charge in [-0.2, -0.15) is 0 Å². The van der Waals surface area contributed by atoms with Crippen molar-refractivity contribution < 1.29 is 14.5 Å². The average molecular weight is 267 g/mol. The van der Waals surface area contributed by atoms with Crippen molar-refractivity contribution >= 4 is 17.5 Å². The van der Waals surface area contributed by atoms with Gasteiger partial charge in [-0.05, 0) is 19.4 Å². The summed E-state index contributed by atoms with van der Waals surface area (Å²) in [6.45, 7) is 3.90. The molecule has 7 nitrogen and oxygen atoms in total. The molecular weight excluding hydrogens is 250 g/mol. The molecule has 0 saturated carbocycles. The summed E-state index contributed by atoms with van der Waals surface area (Å²) in [6, 6.07) is 2.63. The highest BCUT2D eigenvalue weighted by Gasteiger charge is 2.23. The Hall–Kier alpha value is -2.18. The van der Waals surface area contributed by atoms with Crippen molar-refractivity contribution in [1.29, 1.82) is 0 Å². The van der Waals surface area contributed by atoms with Crippen LogP contribution >= 0.6 is 0 Å². The zero-order chi connectivity index (χ0) is 14.6. The molecule has 1 heterocycles. The second kappa shape index (κ2) is 6.12. The van der Waals surface area contributed by atoms with Gasteiger partial charge in [0.15, 0.2) is 5.69 Å². The van der Waals surface area contributed by atoms with Gasteiger partial charge in [-0.3, -0.25) is 10.1 Å². The first-order valence-corrected chi connectivity index (χ1v) is 5.88. The maximum atomic E-state index is 11.4. The van der Waals surface area contributed by atoms with Crippen LogP contribution in [0.4, 0.5) is 11.5 Å². The number of carbonyl (C=O) groups excluding carboxylic acids is 1. The van der Waals surface area contributed by atoms with E-state index in [1.54, 1.807) is 11.9 Å². The van der Waals surface area contributed by atoms with Crippen molar-refractivity contribution in [3.63, 3.8) is 0 Å².